The lowest BCUT2D eigenvalue weighted by Gasteiger charge is -2.30. The molecule has 1 aliphatic heterocycles. The molecule has 0 bridgehead atoms. The molecule has 0 spiro atoms. The largest absolute Gasteiger partial charge is 0.383 e. The summed E-state index contributed by atoms with van der Waals surface area (Å²) in [5, 5.41) is 15.1. The molecule has 1 aliphatic rings. The van der Waals surface area contributed by atoms with Gasteiger partial charge in [0.25, 0.3) is 0 Å². The van der Waals surface area contributed by atoms with Crippen molar-refractivity contribution < 1.29 is 9.90 Å². The van der Waals surface area contributed by atoms with Gasteiger partial charge in [-0.05, 0) is 13.8 Å². The fraction of sp³-hybridized carbons (Fsp3) is 0.875. The van der Waals surface area contributed by atoms with Crippen molar-refractivity contribution >= 4 is 5.91 Å². The first-order valence-corrected chi connectivity index (χ1v) is 4.30. The molecular weight excluding hydrogens is 156 g/mol. The Hall–Kier alpha value is -0.610. The third-order valence-corrected chi connectivity index (χ3v) is 1.96. The second-order valence-corrected chi connectivity index (χ2v) is 3.53. The van der Waals surface area contributed by atoms with Crippen LogP contribution in [0, 0.1) is 5.92 Å². The number of nitrogens with one attached hydrogen (secondary N) is 2. The highest BCUT2D eigenvalue weighted by molar-refractivity contribution is 5.81. The third kappa shape index (κ3) is 2.19. The third-order valence-electron chi connectivity index (χ3n) is 1.96. The van der Waals surface area contributed by atoms with Gasteiger partial charge in [-0.3, -0.25) is 4.79 Å². The molecule has 70 valence electrons. The normalized spacial score (nSPS) is 20.3. The highest BCUT2D eigenvalue weighted by atomic mass is 16.3. The maximum atomic E-state index is 11.2. The first kappa shape index (κ1) is 9.48. The predicted molar refractivity (Wildman–Crippen MR) is 45.6 cm³/mol. The predicted octanol–water partition coefficient (Wildman–Crippen LogP) is -0.909. The summed E-state index contributed by atoms with van der Waals surface area (Å²) >= 11 is 0. The Morgan fingerprint density at radius 1 is 1.58 bits per heavy atom. The molecule has 1 amide bonds. The Labute approximate surface area is 72.3 Å². The van der Waals surface area contributed by atoms with Gasteiger partial charge >= 0.3 is 0 Å². The van der Waals surface area contributed by atoms with Crippen molar-refractivity contribution in [2.24, 2.45) is 5.92 Å². The number of rotatable bonds is 3. The van der Waals surface area contributed by atoms with Gasteiger partial charge in [0.2, 0.25) is 5.91 Å². The summed E-state index contributed by atoms with van der Waals surface area (Å²) in [6.45, 7) is 5.24. The molecule has 4 nitrogen and oxygen atoms in total. The van der Waals surface area contributed by atoms with Crippen molar-refractivity contribution in [2.75, 3.05) is 13.1 Å². The van der Waals surface area contributed by atoms with Crippen LogP contribution < -0.4 is 10.6 Å². The molecule has 0 aromatic rings. The molecule has 0 aliphatic carbocycles. The van der Waals surface area contributed by atoms with E-state index in [1.165, 1.54) is 0 Å². The van der Waals surface area contributed by atoms with Crippen LogP contribution in [0.2, 0.25) is 0 Å². The van der Waals surface area contributed by atoms with Crippen molar-refractivity contribution in [2.45, 2.75) is 26.0 Å². The minimum atomic E-state index is -0.839. The topological polar surface area (TPSA) is 61.4 Å². The maximum Gasteiger partial charge on any atom is 0.249 e. The zero-order chi connectivity index (χ0) is 9.14. The van der Waals surface area contributed by atoms with Gasteiger partial charge < -0.3 is 15.7 Å². The van der Waals surface area contributed by atoms with Crippen LogP contribution >= 0.6 is 0 Å². The SMILES string of the molecule is CC(C)NC(=O)C(O)C1CNC1. The fourth-order valence-corrected chi connectivity index (χ4v) is 1.12. The van der Waals surface area contributed by atoms with E-state index in [0.29, 0.717) is 0 Å². The Balaban J connectivity index is 2.30. The fourth-order valence-electron chi connectivity index (χ4n) is 1.12. The standard InChI is InChI=1S/C8H16N2O2/c1-5(2)10-8(12)7(11)6-3-9-4-6/h5-7,9,11H,3-4H2,1-2H3,(H,10,12). The quantitative estimate of drug-likeness (QED) is 0.516. The highest BCUT2D eigenvalue weighted by Gasteiger charge is 2.30. The van der Waals surface area contributed by atoms with Crippen molar-refractivity contribution in [3.63, 3.8) is 0 Å². The van der Waals surface area contributed by atoms with Crippen LogP contribution in [0.5, 0.6) is 0 Å². The first-order chi connectivity index (χ1) is 5.61. The molecule has 1 rings (SSSR count). The van der Waals surface area contributed by atoms with Crippen LogP contribution in [0.1, 0.15) is 13.8 Å². The zero-order valence-corrected chi connectivity index (χ0v) is 7.50. The molecular formula is C8H16N2O2. The second-order valence-electron chi connectivity index (χ2n) is 3.53. The molecule has 1 atom stereocenters. The van der Waals surface area contributed by atoms with Crippen LogP contribution in [0.25, 0.3) is 0 Å². The number of aliphatic hydroxyl groups is 1. The van der Waals surface area contributed by atoms with Crippen molar-refractivity contribution in [1.82, 2.24) is 10.6 Å². The van der Waals surface area contributed by atoms with Crippen LogP contribution in [0.3, 0.4) is 0 Å². The van der Waals surface area contributed by atoms with Gasteiger partial charge in [-0.1, -0.05) is 0 Å². The average Bonchev–Trinajstić information content (AvgIpc) is 1.81. The van der Waals surface area contributed by atoms with Crippen LogP contribution in [0.15, 0.2) is 0 Å². The van der Waals surface area contributed by atoms with Gasteiger partial charge in [0.15, 0.2) is 0 Å². The van der Waals surface area contributed by atoms with Gasteiger partial charge in [0, 0.05) is 25.0 Å². The summed E-state index contributed by atoms with van der Waals surface area (Å²) in [5.74, 6) is -0.153. The minimum Gasteiger partial charge on any atom is -0.383 e. The van der Waals surface area contributed by atoms with Crippen molar-refractivity contribution in [3.8, 4) is 0 Å². The summed E-state index contributed by atoms with van der Waals surface area (Å²) in [4.78, 5) is 11.2. The van der Waals surface area contributed by atoms with E-state index < -0.39 is 6.10 Å². The summed E-state index contributed by atoms with van der Waals surface area (Å²) in [5.41, 5.74) is 0. The molecule has 12 heavy (non-hydrogen) atoms. The lowest BCUT2D eigenvalue weighted by atomic mass is 9.96. The highest BCUT2D eigenvalue weighted by Crippen LogP contribution is 2.08. The van der Waals surface area contributed by atoms with Crippen molar-refractivity contribution in [1.29, 1.82) is 0 Å². The summed E-state index contributed by atoms with van der Waals surface area (Å²) < 4.78 is 0. The van der Waals surface area contributed by atoms with E-state index >= 15 is 0 Å². The number of carbonyl (C=O) groups excluding carboxylic acids is 1. The number of aliphatic hydroxyl groups excluding tert-OH is 1. The molecule has 1 fully saturated rings. The average molecular weight is 172 g/mol. The summed E-state index contributed by atoms with van der Waals surface area (Å²) in [6, 6.07) is 0.0974. The molecule has 1 heterocycles. The van der Waals surface area contributed by atoms with Gasteiger partial charge in [-0.2, -0.15) is 0 Å². The zero-order valence-electron chi connectivity index (χ0n) is 7.50. The number of hydrogen-bond donors (Lipinski definition) is 3. The van der Waals surface area contributed by atoms with Gasteiger partial charge in [-0.25, -0.2) is 0 Å². The second kappa shape index (κ2) is 3.87. The van der Waals surface area contributed by atoms with Gasteiger partial charge in [0.05, 0.1) is 0 Å². The van der Waals surface area contributed by atoms with Crippen LogP contribution in [0.4, 0.5) is 0 Å². The van der Waals surface area contributed by atoms with E-state index in [1.807, 2.05) is 13.8 Å². The Kier molecular flexibility index (Phi) is 3.05. The molecule has 0 aromatic heterocycles. The van der Waals surface area contributed by atoms with E-state index in [4.69, 9.17) is 0 Å². The van der Waals surface area contributed by atoms with Gasteiger partial charge in [-0.15, -0.1) is 0 Å². The van der Waals surface area contributed by atoms with Crippen molar-refractivity contribution in [3.05, 3.63) is 0 Å². The minimum absolute atomic E-state index is 0.0974. The van der Waals surface area contributed by atoms with Crippen LogP contribution in [-0.4, -0.2) is 36.2 Å². The molecule has 4 heteroatoms. The lowest BCUT2D eigenvalue weighted by molar-refractivity contribution is -0.133. The number of hydrogen-bond acceptors (Lipinski definition) is 3. The Morgan fingerprint density at radius 3 is 2.50 bits per heavy atom. The molecule has 0 aromatic carbocycles. The summed E-state index contributed by atoms with van der Waals surface area (Å²) in [7, 11) is 0. The maximum absolute atomic E-state index is 11.2. The Morgan fingerprint density at radius 2 is 2.17 bits per heavy atom. The molecule has 3 N–H and O–H groups in total. The van der Waals surface area contributed by atoms with E-state index in [9.17, 15) is 9.90 Å². The van der Waals surface area contributed by atoms with E-state index in [-0.39, 0.29) is 17.9 Å². The van der Waals surface area contributed by atoms with E-state index in [1.54, 1.807) is 0 Å². The lowest BCUT2D eigenvalue weighted by Crippen LogP contribution is -2.54. The monoisotopic (exact) mass is 172 g/mol. The van der Waals surface area contributed by atoms with E-state index in [0.717, 1.165) is 13.1 Å². The number of carbonyl (C=O) groups is 1. The Bertz CT molecular complexity index is 166. The summed E-state index contributed by atoms with van der Waals surface area (Å²) in [6.07, 6.45) is -0.839. The van der Waals surface area contributed by atoms with E-state index in [2.05, 4.69) is 10.6 Å². The van der Waals surface area contributed by atoms with Crippen LogP contribution in [-0.2, 0) is 4.79 Å². The molecule has 1 unspecified atom stereocenters. The smallest absolute Gasteiger partial charge is 0.249 e. The molecule has 1 saturated heterocycles. The molecule has 0 saturated carbocycles. The molecule has 0 radical (unpaired) electrons. The van der Waals surface area contributed by atoms with Gasteiger partial charge in [0.1, 0.15) is 6.10 Å². The first-order valence-electron chi connectivity index (χ1n) is 4.30. The number of amides is 1.